The number of benzene rings is 2. The van der Waals surface area contributed by atoms with Gasteiger partial charge >= 0.3 is 5.97 Å². The highest BCUT2D eigenvalue weighted by molar-refractivity contribution is 7.24. The van der Waals surface area contributed by atoms with E-state index in [-0.39, 0.29) is 22.3 Å². The van der Waals surface area contributed by atoms with E-state index in [0.29, 0.717) is 10.1 Å². The van der Waals surface area contributed by atoms with Crippen LogP contribution in [0, 0.1) is 0 Å². The SMILES string of the molecule is CC(=O)O[C@@H]1[C@@H](O)[C@H](C)O[C@@H](Oc2cc(O)c3c(=O)c4ccccc4sc3c2)[C@@H]1O. The van der Waals surface area contributed by atoms with Gasteiger partial charge in [-0.2, -0.15) is 0 Å². The van der Waals surface area contributed by atoms with Crippen molar-refractivity contribution in [1.29, 1.82) is 0 Å². The predicted molar refractivity (Wildman–Crippen MR) is 110 cm³/mol. The third-order valence-electron chi connectivity index (χ3n) is 4.97. The molecule has 1 aliphatic rings. The van der Waals surface area contributed by atoms with Gasteiger partial charge in [0.05, 0.1) is 11.5 Å². The molecule has 5 atom stereocenters. The summed E-state index contributed by atoms with van der Waals surface area (Å²) in [7, 11) is 0. The quantitative estimate of drug-likeness (QED) is 0.424. The summed E-state index contributed by atoms with van der Waals surface area (Å²) >= 11 is 1.31. The van der Waals surface area contributed by atoms with Crippen LogP contribution in [0.1, 0.15) is 13.8 Å². The van der Waals surface area contributed by atoms with Crippen LogP contribution in [0.3, 0.4) is 0 Å². The number of hydrogen-bond donors (Lipinski definition) is 3. The maximum absolute atomic E-state index is 12.8. The molecule has 0 radical (unpaired) electrons. The Balaban J connectivity index is 1.70. The number of ether oxygens (including phenoxy) is 3. The summed E-state index contributed by atoms with van der Waals surface area (Å²) in [6.45, 7) is 2.72. The molecule has 1 fully saturated rings. The fraction of sp³-hybridized carbons (Fsp3) is 0.333. The molecule has 4 rings (SSSR count). The Kier molecular flexibility index (Phi) is 5.37. The lowest BCUT2D eigenvalue weighted by Gasteiger charge is -2.40. The Morgan fingerprint density at radius 3 is 2.60 bits per heavy atom. The molecule has 0 saturated carbocycles. The molecule has 8 nitrogen and oxygen atoms in total. The second-order valence-electron chi connectivity index (χ2n) is 7.13. The molecule has 0 bridgehead atoms. The van der Waals surface area contributed by atoms with E-state index in [2.05, 4.69) is 0 Å². The van der Waals surface area contributed by atoms with E-state index in [1.54, 1.807) is 25.1 Å². The molecule has 0 aliphatic carbocycles. The van der Waals surface area contributed by atoms with Crippen LogP contribution in [0.2, 0.25) is 0 Å². The second kappa shape index (κ2) is 7.84. The lowest BCUT2D eigenvalue weighted by molar-refractivity contribution is -0.272. The minimum Gasteiger partial charge on any atom is -0.507 e. The molecule has 0 amide bonds. The van der Waals surface area contributed by atoms with Crippen molar-refractivity contribution in [1.82, 2.24) is 0 Å². The van der Waals surface area contributed by atoms with E-state index < -0.39 is 36.7 Å². The summed E-state index contributed by atoms with van der Waals surface area (Å²) in [4.78, 5) is 24.1. The first-order chi connectivity index (χ1) is 14.3. The number of esters is 1. The molecule has 30 heavy (non-hydrogen) atoms. The van der Waals surface area contributed by atoms with Crippen molar-refractivity contribution in [2.45, 2.75) is 44.6 Å². The van der Waals surface area contributed by atoms with Gasteiger partial charge in [0, 0.05) is 27.8 Å². The van der Waals surface area contributed by atoms with Crippen molar-refractivity contribution in [2.24, 2.45) is 0 Å². The van der Waals surface area contributed by atoms with Crippen LogP contribution in [-0.2, 0) is 14.3 Å². The van der Waals surface area contributed by atoms with E-state index in [1.165, 1.54) is 24.3 Å². The van der Waals surface area contributed by atoms with Gasteiger partial charge in [0.1, 0.15) is 17.6 Å². The molecular weight excluding hydrogens is 412 g/mol. The number of phenols is 1. The maximum atomic E-state index is 12.8. The number of aromatic hydroxyl groups is 1. The minimum atomic E-state index is -1.46. The first kappa shape index (κ1) is 20.5. The topological polar surface area (TPSA) is 123 Å². The Bertz CT molecular complexity index is 1170. The van der Waals surface area contributed by atoms with E-state index in [4.69, 9.17) is 14.2 Å². The zero-order valence-corrected chi connectivity index (χ0v) is 17.0. The van der Waals surface area contributed by atoms with Gasteiger partial charge in [-0.25, -0.2) is 0 Å². The highest BCUT2D eigenvalue weighted by Crippen LogP contribution is 2.35. The molecule has 3 aromatic rings. The molecule has 0 spiro atoms. The number of carbonyl (C=O) groups excluding carboxylic acids is 1. The standard InChI is InChI=1S/C21H20O8S/c1-9-17(24)20(28-10(2)22)19(26)21(27-9)29-11-7-13(23)16-15(8-11)30-14-6-4-3-5-12(14)18(16)25/h3-9,17,19-21,23-24,26H,1-2H3/t9-,17-,19+,20+,21-/m0/s1. The average Bonchev–Trinajstić information content (AvgIpc) is 2.69. The molecule has 158 valence electrons. The molecule has 0 unspecified atom stereocenters. The van der Waals surface area contributed by atoms with Gasteiger partial charge in [-0.05, 0) is 25.1 Å². The van der Waals surface area contributed by atoms with Crippen molar-refractivity contribution in [3.63, 3.8) is 0 Å². The lowest BCUT2D eigenvalue weighted by atomic mass is 9.99. The van der Waals surface area contributed by atoms with Gasteiger partial charge in [-0.1, -0.05) is 12.1 Å². The van der Waals surface area contributed by atoms with Crippen molar-refractivity contribution >= 4 is 37.5 Å². The largest absolute Gasteiger partial charge is 0.507 e. The van der Waals surface area contributed by atoms with E-state index in [9.17, 15) is 24.9 Å². The van der Waals surface area contributed by atoms with E-state index >= 15 is 0 Å². The van der Waals surface area contributed by atoms with Crippen molar-refractivity contribution in [2.75, 3.05) is 0 Å². The zero-order chi connectivity index (χ0) is 21.6. The summed E-state index contributed by atoms with van der Waals surface area (Å²) in [5.74, 6) is -0.768. The van der Waals surface area contributed by atoms with Gasteiger partial charge < -0.3 is 29.5 Å². The highest BCUT2D eigenvalue weighted by atomic mass is 32.1. The first-order valence-corrected chi connectivity index (χ1v) is 10.1. The fourth-order valence-corrected chi connectivity index (χ4v) is 4.64. The minimum absolute atomic E-state index is 0.153. The van der Waals surface area contributed by atoms with Gasteiger partial charge in [-0.3, -0.25) is 9.59 Å². The average molecular weight is 432 g/mol. The van der Waals surface area contributed by atoms with Crippen LogP contribution in [0.5, 0.6) is 11.5 Å². The molecule has 1 saturated heterocycles. The van der Waals surface area contributed by atoms with Gasteiger partial charge in [0.15, 0.2) is 17.6 Å². The Hall–Kier alpha value is -2.72. The molecule has 1 aliphatic heterocycles. The molecule has 3 N–H and O–H groups in total. The van der Waals surface area contributed by atoms with Gasteiger partial charge in [0.25, 0.3) is 0 Å². The smallest absolute Gasteiger partial charge is 0.303 e. The summed E-state index contributed by atoms with van der Waals surface area (Å²) in [5, 5.41) is 31.8. The highest BCUT2D eigenvalue weighted by Gasteiger charge is 2.46. The molecular formula is C21H20O8S. The number of rotatable bonds is 3. The molecule has 1 aromatic heterocycles. The first-order valence-electron chi connectivity index (χ1n) is 9.30. The Morgan fingerprint density at radius 2 is 1.87 bits per heavy atom. The summed E-state index contributed by atoms with van der Waals surface area (Å²) in [6.07, 6.45) is -5.97. The van der Waals surface area contributed by atoms with Crippen LogP contribution in [0.15, 0.2) is 41.2 Å². The summed E-state index contributed by atoms with van der Waals surface area (Å²) in [5.41, 5.74) is -0.288. The monoisotopic (exact) mass is 432 g/mol. The van der Waals surface area contributed by atoms with Crippen LogP contribution >= 0.6 is 11.3 Å². The predicted octanol–water partition coefficient (Wildman–Crippen LogP) is 1.90. The second-order valence-corrected chi connectivity index (χ2v) is 8.21. The Morgan fingerprint density at radius 1 is 1.13 bits per heavy atom. The van der Waals surface area contributed by atoms with Crippen molar-refractivity contribution in [3.05, 3.63) is 46.6 Å². The normalized spacial score (nSPS) is 26.6. The summed E-state index contributed by atoms with van der Waals surface area (Å²) in [6, 6.07) is 9.92. The summed E-state index contributed by atoms with van der Waals surface area (Å²) < 4.78 is 17.5. The van der Waals surface area contributed by atoms with Crippen LogP contribution in [0.4, 0.5) is 0 Å². The Labute approximate surface area is 174 Å². The number of hydrogen-bond acceptors (Lipinski definition) is 9. The number of aliphatic hydroxyl groups excluding tert-OH is 2. The van der Waals surface area contributed by atoms with Gasteiger partial charge in [-0.15, -0.1) is 11.3 Å². The van der Waals surface area contributed by atoms with Crippen molar-refractivity contribution in [3.8, 4) is 11.5 Å². The third-order valence-corrected chi connectivity index (χ3v) is 6.09. The fourth-order valence-electron chi connectivity index (χ4n) is 3.51. The van der Waals surface area contributed by atoms with Crippen LogP contribution < -0.4 is 10.2 Å². The molecule has 2 aromatic carbocycles. The van der Waals surface area contributed by atoms with Crippen LogP contribution in [0.25, 0.3) is 20.2 Å². The number of fused-ring (bicyclic) bond motifs is 2. The van der Waals surface area contributed by atoms with Crippen molar-refractivity contribution < 1.29 is 34.3 Å². The lowest BCUT2D eigenvalue weighted by Crippen LogP contribution is -2.59. The maximum Gasteiger partial charge on any atom is 0.303 e. The zero-order valence-electron chi connectivity index (χ0n) is 16.1. The third kappa shape index (κ3) is 3.61. The number of carbonyl (C=O) groups is 1. The number of phenolic OH excluding ortho intramolecular Hbond substituents is 1. The van der Waals surface area contributed by atoms with Crippen LogP contribution in [-0.4, -0.2) is 52.0 Å². The van der Waals surface area contributed by atoms with Gasteiger partial charge in [0.2, 0.25) is 6.29 Å². The van der Waals surface area contributed by atoms with E-state index in [0.717, 1.165) is 4.70 Å². The molecule has 9 heteroatoms. The molecule has 2 heterocycles. The van der Waals surface area contributed by atoms with E-state index in [1.807, 2.05) is 12.1 Å². The number of aliphatic hydroxyl groups is 2.